The summed E-state index contributed by atoms with van der Waals surface area (Å²) in [7, 11) is 1.46. The van der Waals surface area contributed by atoms with Crippen LogP contribution in [0.1, 0.15) is 5.56 Å². The van der Waals surface area contributed by atoms with Crippen molar-refractivity contribution >= 4 is 5.78 Å². The lowest BCUT2D eigenvalue weighted by Crippen LogP contribution is -2.16. The van der Waals surface area contributed by atoms with Crippen LogP contribution in [0.3, 0.4) is 0 Å². The van der Waals surface area contributed by atoms with E-state index in [1.165, 1.54) is 7.11 Å². The normalized spacial score (nSPS) is 10.0. The largest absolute Gasteiger partial charge is 0.486 e. The lowest BCUT2D eigenvalue weighted by molar-refractivity contribution is -0.124. The Morgan fingerprint density at radius 2 is 2.20 bits per heavy atom. The van der Waals surface area contributed by atoms with Crippen LogP contribution in [-0.4, -0.2) is 31.2 Å². The third-order valence-electron chi connectivity index (χ3n) is 1.79. The van der Waals surface area contributed by atoms with Crippen molar-refractivity contribution in [3.63, 3.8) is 0 Å². The van der Waals surface area contributed by atoms with Crippen LogP contribution in [0.2, 0.25) is 0 Å². The Hall–Kier alpha value is -1.39. The Balaban J connectivity index is 2.46. The maximum Gasteiger partial charge on any atom is 0.195 e. The van der Waals surface area contributed by atoms with Crippen molar-refractivity contribution in [2.24, 2.45) is 0 Å². The molecule has 0 aliphatic heterocycles. The van der Waals surface area contributed by atoms with Crippen LogP contribution in [0.4, 0.5) is 0 Å². The lowest BCUT2D eigenvalue weighted by atomic mass is 10.2. The van der Waals surface area contributed by atoms with Gasteiger partial charge in [0, 0.05) is 7.11 Å². The third-order valence-corrected chi connectivity index (χ3v) is 1.79. The van der Waals surface area contributed by atoms with Gasteiger partial charge < -0.3 is 14.6 Å². The van der Waals surface area contributed by atoms with E-state index in [1.54, 1.807) is 24.3 Å². The van der Waals surface area contributed by atoms with Crippen molar-refractivity contribution in [3.05, 3.63) is 29.8 Å². The molecule has 0 bridgehead atoms. The predicted octanol–water partition coefficient (Wildman–Crippen LogP) is 0.773. The number of methoxy groups -OCH3 is 1. The minimum Gasteiger partial charge on any atom is -0.486 e. The Morgan fingerprint density at radius 1 is 1.40 bits per heavy atom. The molecule has 1 rings (SSSR count). The van der Waals surface area contributed by atoms with Crippen molar-refractivity contribution in [2.45, 2.75) is 6.61 Å². The van der Waals surface area contributed by atoms with Crippen molar-refractivity contribution in [2.75, 3.05) is 20.3 Å². The average molecular weight is 210 g/mol. The Kier molecular flexibility index (Phi) is 4.80. The summed E-state index contributed by atoms with van der Waals surface area (Å²) in [5.41, 5.74) is 0.756. The highest BCUT2D eigenvalue weighted by molar-refractivity contribution is 5.81. The van der Waals surface area contributed by atoms with E-state index < -0.39 is 0 Å². The fraction of sp³-hybridized carbons (Fsp3) is 0.364. The molecule has 0 atom stereocenters. The van der Waals surface area contributed by atoms with Gasteiger partial charge in [0.1, 0.15) is 19.0 Å². The number of ether oxygens (including phenoxy) is 2. The molecule has 15 heavy (non-hydrogen) atoms. The zero-order chi connectivity index (χ0) is 11.1. The van der Waals surface area contributed by atoms with Gasteiger partial charge in [-0.15, -0.1) is 0 Å². The monoisotopic (exact) mass is 210 g/mol. The molecule has 4 nitrogen and oxygen atoms in total. The zero-order valence-electron chi connectivity index (χ0n) is 8.60. The van der Waals surface area contributed by atoms with Crippen molar-refractivity contribution in [3.8, 4) is 5.75 Å². The number of benzene rings is 1. The van der Waals surface area contributed by atoms with Gasteiger partial charge in [-0.25, -0.2) is 0 Å². The molecule has 0 heterocycles. The quantitative estimate of drug-likeness (QED) is 0.753. The van der Waals surface area contributed by atoms with Crippen LogP contribution in [0.15, 0.2) is 24.3 Å². The smallest absolute Gasteiger partial charge is 0.195 e. The summed E-state index contributed by atoms with van der Waals surface area (Å²) >= 11 is 0. The van der Waals surface area contributed by atoms with E-state index in [9.17, 15) is 4.79 Å². The Labute approximate surface area is 88.4 Å². The van der Waals surface area contributed by atoms with Gasteiger partial charge in [-0.1, -0.05) is 12.1 Å². The van der Waals surface area contributed by atoms with Gasteiger partial charge >= 0.3 is 0 Å². The predicted molar refractivity (Wildman–Crippen MR) is 54.7 cm³/mol. The van der Waals surface area contributed by atoms with E-state index in [-0.39, 0.29) is 25.6 Å². The minimum atomic E-state index is -0.119. The number of rotatable bonds is 6. The van der Waals surface area contributed by atoms with Gasteiger partial charge in [-0.2, -0.15) is 0 Å². The summed E-state index contributed by atoms with van der Waals surface area (Å²) in [6.07, 6.45) is 0. The first-order valence-corrected chi connectivity index (χ1v) is 4.59. The maximum absolute atomic E-state index is 11.1. The number of hydrogen-bond donors (Lipinski definition) is 1. The second-order valence-corrected chi connectivity index (χ2v) is 3.07. The molecule has 0 spiro atoms. The summed E-state index contributed by atoms with van der Waals surface area (Å²) in [4.78, 5) is 11.1. The Bertz CT molecular complexity index is 322. The van der Waals surface area contributed by atoms with E-state index in [0.717, 1.165) is 5.56 Å². The van der Waals surface area contributed by atoms with Crippen LogP contribution in [0, 0.1) is 0 Å². The summed E-state index contributed by atoms with van der Waals surface area (Å²) in [5.74, 6) is 0.456. The summed E-state index contributed by atoms with van der Waals surface area (Å²) in [5, 5.41) is 8.88. The molecule has 4 heteroatoms. The van der Waals surface area contributed by atoms with E-state index in [0.29, 0.717) is 5.75 Å². The van der Waals surface area contributed by atoms with E-state index in [2.05, 4.69) is 4.74 Å². The van der Waals surface area contributed by atoms with Gasteiger partial charge in [-0.3, -0.25) is 4.79 Å². The average Bonchev–Trinajstić information content (AvgIpc) is 2.27. The topological polar surface area (TPSA) is 55.8 Å². The van der Waals surface area contributed by atoms with E-state index in [4.69, 9.17) is 9.84 Å². The molecule has 0 unspecified atom stereocenters. The number of carbonyl (C=O) groups excluding carboxylic acids is 1. The van der Waals surface area contributed by atoms with Crippen molar-refractivity contribution < 1.29 is 19.4 Å². The molecule has 0 aliphatic rings. The number of hydrogen-bond acceptors (Lipinski definition) is 4. The lowest BCUT2D eigenvalue weighted by Gasteiger charge is -2.05. The molecule has 0 amide bonds. The molecule has 1 aromatic rings. The van der Waals surface area contributed by atoms with Gasteiger partial charge in [0.05, 0.1) is 6.61 Å². The molecule has 0 aliphatic carbocycles. The Morgan fingerprint density at radius 3 is 2.87 bits per heavy atom. The number of aliphatic hydroxyl groups is 1. The van der Waals surface area contributed by atoms with Crippen LogP contribution in [0.25, 0.3) is 0 Å². The standard InChI is InChI=1S/C11H14O4/c1-14-7-10(13)8-15-11-4-2-3-9(5-11)6-12/h2-5,12H,6-8H2,1H3. The first-order valence-electron chi connectivity index (χ1n) is 4.59. The highest BCUT2D eigenvalue weighted by Crippen LogP contribution is 2.12. The number of aliphatic hydroxyl groups excluding tert-OH is 1. The van der Waals surface area contributed by atoms with Crippen LogP contribution in [-0.2, 0) is 16.1 Å². The van der Waals surface area contributed by atoms with Gasteiger partial charge in [0.15, 0.2) is 5.78 Å². The number of carbonyl (C=O) groups is 1. The van der Waals surface area contributed by atoms with Crippen molar-refractivity contribution in [1.29, 1.82) is 0 Å². The summed E-state index contributed by atoms with van der Waals surface area (Å²) in [6.45, 7) is 0.00559. The molecular formula is C11H14O4. The number of Topliss-reactive ketones (excluding diaryl/α,β-unsaturated/α-hetero) is 1. The SMILES string of the molecule is COCC(=O)COc1cccc(CO)c1. The van der Waals surface area contributed by atoms with Gasteiger partial charge in [0.25, 0.3) is 0 Å². The molecule has 1 N–H and O–H groups in total. The van der Waals surface area contributed by atoms with Crippen LogP contribution < -0.4 is 4.74 Å². The van der Waals surface area contributed by atoms with Crippen LogP contribution >= 0.6 is 0 Å². The first kappa shape index (κ1) is 11.7. The summed E-state index contributed by atoms with van der Waals surface area (Å²) < 4.78 is 9.89. The van der Waals surface area contributed by atoms with Gasteiger partial charge in [0.2, 0.25) is 0 Å². The fourth-order valence-electron chi connectivity index (χ4n) is 1.10. The zero-order valence-corrected chi connectivity index (χ0v) is 8.60. The molecular weight excluding hydrogens is 196 g/mol. The van der Waals surface area contributed by atoms with Gasteiger partial charge in [-0.05, 0) is 17.7 Å². The second-order valence-electron chi connectivity index (χ2n) is 3.07. The van der Waals surface area contributed by atoms with E-state index >= 15 is 0 Å². The minimum absolute atomic E-state index is 0.0112. The highest BCUT2D eigenvalue weighted by atomic mass is 16.5. The van der Waals surface area contributed by atoms with Crippen LogP contribution in [0.5, 0.6) is 5.75 Å². The molecule has 1 aromatic carbocycles. The molecule has 82 valence electrons. The number of ketones is 1. The van der Waals surface area contributed by atoms with Crippen molar-refractivity contribution in [1.82, 2.24) is 0 Å². The third kappa shape index (κ3) is 4.10. The first-order chi connectivity index (χ1) is 7.26. The molecule has 0 aromatic heterocycles. The molecule has 0 saturated heterocycles. The highest BCUT2D eigenvalue weighted by Gasteiger charge is 2.02. The van der Waals surface area contributed by atoms with E-state index in [1.807, 2.05) is 0 Å². The fourth-order valence-corrected chi connectivity index (χ4v) is 1.10. The molecule has 0 saturated carbocycles. The molecule has 0 fully saturated rings. The second kappa shape index (κ2) is 6.16. The molecule has 0 radical (unpaired) electrons. The maximum atomic E-state index is 11.1. The summed E-state index contributed by atoms with van der Waals surface area (Å²) in [6, 6.07) is 6.98.